The second-order valence-electron chi connectivity index (χ2n) is 6.92. The Bertz CT molecular complexity index is 1190. The van der Waals surface area contributed by atoms with E-state index in [1.807, 2.05) is 0 Å². The van der Waals surface area contributed by atoms with Crippen molar-refractivity contribution in [1.29, 1.82) is 0 Å². The number of amides is 4. The minimum absolute atomic E-state index is 0.202. The van der Waals surface area contributed by atoms with Gasteiger partial charge in [-0.05, 0) is 60.7 Å². The minimum Gasteiger partial charge on any atom is -0.495 e. The van der Waals surface area contributed by atoms with E-state index in [-0.39, 0.29) is 11.5 Å². The molecule has 0 unspecified atom stereocenters. The van der Waals surface area contributed by atoms with Gasteiger partial charge in [0.05, 0.1) is 18.4 Å². The molecule has 0 spiro atoms. The third-order valence-corrected chi connectivity index (χ3v) is 4.51. The number of carbonyl (C=O) groups excluding carboxylic acids is 4. The largest absolute Gasteiger partial charge is 0.495 e. The maximum absolute atomic E-state index is 12.5. The number of primary amides is 1. The van der Waals surface area contributed by atoms with Crippen molar-refractivity contribution >= 4 is 40.9 Å². The number of urea groups is 1. The van der Waals surface area contributed by atoms with E-state index in [1.54, 1.807) is 48.5 Å². The fourth-order valence-corrected chi connectivity index (χ4v) is 2.89. The Morgan fingerprint density at radius 3 is 1.97 bits per heavy atom. The number of benzene rings is 3. The summed E-state index contributed by atoms with van der Waals surface area (Å²) in [6, 6.07) is 18.3. The number of hydrogen-bond acceptors (Lipinski definition) is 6. The standard InChI is InChI=1S/C24H22N4O6/c1-33-20-5-3-2-4-19(20)28-22(30)15-6-10-17(11-7-15)26-21(29)14-34-23(31)16-8-12-18(13-9-16)27-24(25)32/h2-13H,14H2,1H3,(H,26,29)(H,28,30)(H3,25,27,32). The van der Waals surface area contributed by atoms with Crippen molar-refractivity contribution in [2.45, 2.75) is 0 Å². The van der Waals surface area contributed by atoms with E-state index >= 15 is 0 Å². The van der Waals surface area contributed by atoms with Crippen molar-refractivity contribution in [3.63, 3.8) is 0 Å². The van der Waals surface area contributed by atoms with Crippen molar-refractivity contribution in [2.24, 2.45) is 5.73 Å². The molecular weight excluding hydrogens is 440 g/mol. The molecule has 0 bridgehead atoms. The predicted molar refractivity (Wildman–Crippen MR) is 126 cm³/mol. The molecule has 0 aliphatic carbocycles. The molecule has 0 aliphatic heterocycles. The van der Waals surface area contributed by atoms with Gasteiger partial charge in [-0.15, -0.1) is 0 Å². The predicted octanol–water partition coefficient (Wildman–Crippen LogP) is 3.23. The van der Waals surface area contributed by atoms with E-state index in [4.69, 9.17) is 15.2 Å². The van der Waals surface area contributed by atoms with Gasteiger partial charge in [0.2, 0.25) is 0 Å². The molecule has 3 rings (SSSR count). The molecule has 10 nitrogen and oxygen atoms in total. The summed E-state index contributed by atoms with van der Waals surface area (Å²) >= 11 is 0. The van der Waals surface area contributed by atoms with Gasteiger partial charge < -0.3 is 31.2 Å². The van der Waals surface area contributed by atoms with Crippen LogP contribution in [-0.4, -0.2) is 37.5 Å². The number of nitrogens with one attached hydrogen (secondary N) is 3. The van der Waals surface area contributed by atoms with Gasteiger partial charge in [-0.1, -0.05) is 12.1 Å². The number of nitrogens with two attached hydrogens (primary N) is 1. The molecule has 10 heteroatoms. The topological polar surface area (TPSA) is 149 Å². The van der Waals surface area contributed by atoms with Crippen LogP contribution in [-0.2, 0) is 9.53 Å². The lowest BCUT2D eigenvalue weighted by Gasteiger charge is -2.10. The maximum atomic E-state index is 12.5. The SMILES string of the molecule is COc1ccccc1NC(=O)c1ccc(NC(=O)COC(=O)c2ccc(NC(N)=O)cc2)cc1. The van der Waals surface area contributed by atoms with E-state index in [0.717, 1.165) is 0 Å². The number of hydrogen-bond donors (Lipinski definition) is 4. The molecule has 0 heterocycles. The first-order chi connectivity index (χ1) is 16.4. The molecule has 3 aromatic carbocycles. The molecule has 174 valence electrons. The summed E-state index contributed by atoms with van der Waals surface area (Å²) in [6.07, 6.45) is 0. The van der Waals surface area contributed by atoms with Crippen LogP contribution < -0.4 is 26.4 Å². The maximum Gasteiger partial charge on any atom is 0.338 e. The van der Waals surface area contributed by atoms with Crippen molar-refractivity contribution in [3.05, 3.63) is 83.9 Å². The van der Waals surface area contributed by atoms with Crippen LogP contribution in [0.2, 0.25) is 0 Å². The van der Waals surface area contributed by atoms with Crippen LogP contribution in [0.1, 0.15) is 20.7 Å². The Labute approximate surface area is 195 Å². The van der Waals surface area contributed by atoms with Gasteiger partial charge >= 0.3 is 12.0 Å². The Morgan fingerprint density at radius 1 is 0.765 bits per heavy atom. The molecule has 3 aromatic rings. The number of esters is 1. The van der Waals surface area contributed by atoms with Gasteiger partial charge in [0.25, 0.3) is 11.8 Å². The summed E-state index contributed by atoms with van der Waals surface area (Å²) < 4.78 is 10.2. The molecule has 0 aliphatic rings. The third-order valence-electron chi connectivity index (χ3n) is 4.51. The number of ether oxygens (including phenoxy) is 2. The first-order valence-electron chi connectivity index (χ1n) is 10.0. The van der Waals surface area contributed by atoms with Crippen LogP contribution >= 0.6 is 0 Å². The third kappa shape index (κ3) is 6.57. The smallest absolute Gasteiger partial charge is 0.338 e. The van der Waals surface area contributed by atoms with Crippen LogP contribution in [0.25, 0.3) is 0 Å². The average molecular weight is 462 g/mol. The number of carbonyl (C=O) groups is 4. The van der Waals surface area contributed by atoms with Gasteiger partial charge in [0.1, 0.15) is 5.75 Å². The molecule has 0 fully saturated rings. The lowest BCUT2D eigenvalue weighted by Crippen LogP contribution is -2.21. The van der Waals surface area contributed by atoms with E-state index in [0.29, 0.717) is 28.4 Å². The summed E-state index contributed by atoms with van der Waals surface area (Å²) in [5, 5.41) is 7.72. The normalized spacial score (nSPS) is 10.0. The molecule has 0 radical (unpaired) electrons. The molecule has 0 aromatic heterocycles. The monoisotopic (exact) mass is 462 g/mol. The number of anilines is 3. The number of para-hydroxylation sites is 2. The van der Waals surface area contributed by atoms with Crippen molar-refractivity contribution in [1.82, 2.24) is 0 Å². The molecule has 0 saturated heterocycles. The van der Waals surface area contributed by atoms with E-state index in [2.05, 4.69) is 16.0 Å². The molecule has 4 amide bonds. The van der Waals surface area contributed by atoms with Crippen LogP contribution in [0.3, 0.4) is 0 Å². The highest BCUT2D eigenvalue weighted by Gasteiger charge is 2.12. The highest BCUT2D eigenvalue weighted by atomic mass is 16.5. The zero-order valence-corrected chi connectivity index (χ0v) is 18.2. The van der Waals surface area contributed by atoms with Crippen LogP contribution in [0.15, 0.2) is 72.8 Å². The Hall–Kier alpha value is -4.86. The molecule has 0 atom stereocenters. The quantitative estimate of drug-likeness (QED) is 0.378. The van der Waals surface area contributed by atoms with Crippen LogP contribution in [0, 0.1) is 0 Å². The highest BCUT2D eigenvalue weighted by molar-refractivity contribution is 6.05. The van der Waals surface area contributed by atoms with Crippen LogP contribution in [0.4, 0.5) is 21.9 Å². The first kappa shape index (κ1) is 23.8. The second kappa shape index (κ2) is 11.1. The van der Waals surface area contributed by atoms with Crippen molar-refractivity contribution < 1.29 is 28.7 Å². The van der Waals surface area contributed by atoms with E-state index in [9.17, 15) is 19.2 Å². The Kier molecular flexibility index (Phi) is 7.79. The molecule has 0 saturated carbocycles. The molecule has 5 N–H and O–H groups in total. The lowest BCUT2D eigenvalue weighted by atomic mass is 10.2. The summed E-state index contributed by atoms with van der Waals surface area (Å²) in [5.74, 6) is -1.06. The fourth-order valence-electron chi connectivity index (χ4n) is 2.89. The van der Waals surface area contributed by atoms with Crippen LogP contribution in [0.5, 0.6) is 5.75 Å². The first-order valence-corrected chi connectivity index (χ1v) is 10.0. The van der Waals surface area contributed by atoms with E-state index in [1.165, 1.54) is 31.4 Å². The van der Waals surface area contributed by atoms with Gasteiger partial charge in [-0.2, -0.15) is 0 Å². The number of methoxy groups -OCH3 is 1. The number of rotatable bonds is 8. The van der Waals surface area contributed by atoms with Gasteiger partial charge in [0, 0.05) is 16.9 Å². The van der Waals surface area contributed by atoms with Crippen molar-refractivity contribution in [3.8, 4) is 5.75 Å². The van der Waals surface area contributed by atoms with Gasteiger partial charge in [0.15, 0.2) is 6.61 Å². The highest BCUT2D eigenvalue weighted by Crippen LogP contribution is 2.24. The van der Waals surface area contributed by atoms with Crippen molar-refractivity contribution in [2.75, 3.05) is 29.7 Å². The molecular formula is C24H22N4O6. The summed E-state index contributed by atoms with van der Waals surface area (Å²) in [6.45, 7) is -0.504. The molecule has 34 heavy (non-hydrogen) atoms. The Balaban J connectivity index is 1.50. The second-order valence-corrected chi connectivity index (χ2v) is 6.92. The van der Waals surface area contributed by atoms with Gasteiger partial charge in [-0.25, -0.2) is 9.59 Å². The zero-order valence-electron chi connectivity index (χ0n) is 18.2. The van der Waals surface area contributed by atoms with Gasteiger partial charge in [-0.3, -0.25) is 9.59 Å². The van der Waals surface area contributed by atoms with E-state index < -0.39 is 24.5 Å². The average Bonchev–Trinajstić information content (AvgIpc) is 2.83. The Morgan fingerprint density at radius 2 is 1.35 bits per heavy atom. The zero-order chi connectivity index (χ0) is 24.5. The summed E-state index contributed by atoms with van der Waals surface area (Å²) in [7, 11) is 1.51. The summed E-state index contributed by atoms with van der Waals surface area (Å²) in [5.41, 5.74) is 6.98. The lowest BCUT2D eigenvalue weighted by molar-refractivity contribution is -0.119. The minimum atomic E-state index is -0.725. The summed E-state index contributed by atoms with van der Waals surface area (Å²) in [4.78, 5) is 47.5. The fraction of sp³-hybridized carbons (Fsp3) is 0.0833.